The molecular formula is C18H15NOS. The largest absolute Gasteiger partial charge is 0.293 e. The number of hydrogen-bond acceptors (Lipinski definition) is 3. The molecule has 4 rings (SSSR count). The van der Waals surface area contributed by atoms with Crippen LogP contribution in [0.1, 0.15) is 39.6 Å². The molecule has 2 nitrogen and oxygen atoms in total. The summed E-state index contributed by atoms with van der Waals surface area (Å²) in [7, 11) is 0. The Morgan fingerprint density at radius 2 is 2.19 bits per heavy atom. The van der Waals surface area contributed by atoms with E-state index in [-0.39, 0.29) is 11.7 Å². The van der Waals surface area contributed by atoms with Crippen molar-refractivity contribution in [2.75, 3.05) is 0 Å². The summed E-state index contributed by atoms with van der Waals surface area (Å²) >= 11 is 1.78. The van der Waals surface area contributed by atoms with Gasteiger partial charge in [-0.1, -0.05) is 6.07 Å². The maximum atomic E-state index is 12.9. The lowest BCUT2D eigenvalue weighted by molar-refractivity contribution is 0.0951. The molecule has 21 heavy (non-hydrogen) atoms. The molecule has 0 bridgehead atoms. The number of carbonyl (C=O) groups excluding carboxylic acids is 1. The molecule has 0 N–H and O–H groups in total. The third-order valence-electron chi connectivity index (χ3n) is 4.26. The molecule has 0 saturated heterocycles. The fourth-order valence-electron chi connectivity index (χ4n) is 3.19. The predicted octanol–water partition coefficient (Wildman–Crippen LogP) is 4.60. The Hall–Kier alpha value is -2.00. The van der Waals surface area contributed by atoms with Crippen molar-refractivity contribution >= 4 is 28.0 Å². The summed E-state index contributed by atoms with van der Waals surface area (Å²) in [6.07, 6.45) is 4.98. The molecule has 104 valence electrons. The van der Waals surface area contributed by atoms with E-state index < -0.39 is 0 Å². The molecule has 0 aliphatic heterocycles. The number of thiophene rings is 1. The Kier molecular flexibility index (Phi) is 3.08. The van der Waals surface area contributed by atoms with Crippen molar-refractivity contribution in [2.24, 2.45) is 0 Å². The fourth-order valence-corrected chi connectivity index (χ4v) is 4.18. The molecule has 0 amide bonds. The Bertz CT molecular complexity index is 821. The Balaban J connectivity index is 1.74. The van der Waals surface area contributed by atoms with Gasteiger partial charge in [0.25, 0.3) is 0 Å². The van der Waals surface area contributed by atoms with Gasteiger partial charge in [-0.15, -0.1) is 11.3 Å². The van der Waals surface area contributed by atoms with E-state index >= 15 is 0 Å². The number of Topliss-reactive ketones (excluding diaryl/α,β-unsaturated/α-hetero) is 1. The lowest BCUT2D eigenvalue weighted by atomic mass is 9.82. The molecule has 1 aliphatic carbocycles. The number of pyridine rings is 1. The first-order valence-corrected chi connectivity index (χ1v) is 8.16. The number of nitrogens with zero attached hydrogens (tertiary/aromatic N) is 1. The Morgan fingerprint density at radius 3 is 3.14 bits per heavy atom. The first-order valence-electron chi connectivity index (χ1n) is 7.28. The van der Waals surface area contributed by atoms with Gasteiger partial charge >= 0.3 is 0 Å². The zero-order chi connectivity index (χ0) is 14.2. The summed E-state index contributed by atoms with van der Waals surface area (Å²) in [6, 6.07) is 11.9. The van der Waals surface area contributed by atoms with Crippen molar-refractivity contribution < 1.29 is 4.79 Å². The second kappa shape index (κ2) is 5.08. The van der Waals surface area contributed by atoms with Crippen molar-refractivity contribution in [1.29, 1.82) is 0 Å². The SMILES string of the molecule is O=C(c1ccc2ncccc2c1)C1CCCc2sccc21. The normalized spacial score (nSPS) is 17.6. The van der Waals surface area contributed by atoms with E-state index in [1.54, 1.807) is 17.5 Å². The minimum atomic E-state index is 0.0362. The van der Waals surface area contributed by atoms with E-state index in [1.165, 1.54) is 10.4 Å². The van der Waals surface area contributed by atoms with Gasteiger partial charge in [-0.05, 0) is 60.5 Å². The van der Waals surface area contributed by atoms with E-state index in [4.69, 9.17) is 0 Å². The number of ketones is 1. The van der Waals surface area contributed by atoms with Gasteiger partial charge in [0.05, 0.1) is 5.52 Å². The van der Waals surface area contributed by atoms with E-state index in [9.17, 15) is 4.79 Å². The summed E-state index contributed by atoms with van der Waals surface area (Å²) in [4.78, 5) is 18.6. The highest BCUT2D eigenvalue weighted by Gasteiger charge is 2.28. The van der Waals surface area contributed by atoms with Crippen molar-refractivity contribution in [3.8, 4) is 0 Å². The monoisotopic (exact) mass is 293 g/mol. The molecule has 3 heteroatoms. The number of aryl methyl sites for hydroxylation is 1. The zero-order valence-corrected chi connectivity index (χ0v) is 12.4. The topological polar surface area (TPSA) is 30.0 Å². The fraction of sp³-hybridized carbons (Fsp3) is 0.222. The van der Waals surface area contributed by atoms with Crippen LogP contribution in [0.2, 0.25) is 0 Å². The summed E-state index contributed by atoms with van der Waals surface area (Å²) in [5.41, 5.74) is 3.00. The van der Waals surface area contributed by atoms with E-state index in [1.807, 2.05) is 30.3 Å². The van der Waals surface area contributed by atoms with E-state index in [0.717, 1.165) is 35.7 Å². The third-order valence-corrected chi connectivity index (χ3v) is 5.25. The van der Waals surface area contributed by atoms with Crippen LogP contribution in [0.3, 0.4) is 0 Å². The van der Waals surface area contributed by atoms with Gasteiger partial charge in [-0.3, -0.25) is 9.78 Å². The van der Waals surface area contributed by atoms with Gasteiger partial charge < -0.3 is 0 Å². The zero-order valence-electron chi connectivity index (χ0n) is 11.6. The van der Waals surface area contributed by atoms with E-state index in [2.05, 4.69) is 16.4 Å². The smallest absolute Gasteiger partial charge is 0.170 e. The second-order valence-corrected chi connectivity index (χ2v) is 6.52. The minimum Gasteiger partial charge on any atom is -0.293 e. The van der Waals surface area contributed by atoms with Crippen molar-refractivity contribution in [3.63, 3.8) is 0 Å². The van der Waals surface area contributed by atoms with Crippen LogP contribution in [0.25, 0.3) is 10.9 Å². The molecule has 3 aromatic rings. The van der Waals surface area contributed by atoms with Crippen LogP contribution in [0.4, 0.5) is 0 Å². The highest BCUT2D eigenvalue weighted by atomic mass is 32.1. The van der Waals surface area contributed by atoms with Gasteiger partial charge in [-0.25, -0.2) is 0 Å². The van der Waals surface area contributed by atoms with Crippen molar-refractivity contribution in [2.45, 2.75) is 25.2 Å². The molecule has 2 aromatic heterocycles. The summed E-state index contributed by atoms with van der Waals surface area (Å²) < 4.78 is 0. The molecule has 2 heterocycles. The van der Waals surface area contributed by atoms with Crippen LogP contribution >= 0.6 is 11.3 Å². The molecule has 0 spiro atoms. The number of carbonyl (C=O) groups is 1. The summed E-state index contributed by atoms with van der Waals surface area (Å²) in [5.74, 6) is 0.286. The molecular weight excluding hydrogens is 278 g/mol. The van der Waals surface area contributed by atoms with Crippen LogP contribution in [0.5, 0.6) is 0 Å². The number of fused-ring (bicyclic) bond motifs is 2. The van der Waals surface area contributed by atoms with Crippen molar-refractivity contribution in [3.05, 3.63) is 64.0 Å². The molecule has 0 radical (unpaired) electrons. The first kappa shape index (κ1) is 12.7. The summed E-state index contributed by atoms with van der Waals surface area (Å²) in [6.45, 7) is 0. The number of hydrogen-bond donors (Lipinski definition) is 0. The maximum Gasteiger partial charge on any atom is 0.170 e. The maximum absolute atomic E-state index is 12.9. The Morgan fingerprint density at radius 1 is 1.24 bits per heavy atom. The quantitative estimate of drug-likeness (QED) is 0.646. The average molecular weight is 293 g/mol. The highest BCUT2D eigenvalue weighted by Crippen LogP contribution is 2.37. The van der Waals surface area contributed by atoms with Gasteiger partial charge in [0.15, 0.2) is 5.78 Å². The van der Waals surface area contributed by atoms with E-state index in [0.29, 0.717) is 0 Å². The lowest BCUT2D eigenvalue weighted by Gasteiger charge is -2.21. The molecule has 1 atom stereocenters. The summed E-state index contributed by atoms with van der Waals surface area (Å²) in [5, 5.41) is 3.14. The first-order chi connectivity index (χ1) is 10.3. The minimum absolute atomic E-state index is 0.0362. The van der Waals surface area contributed by atoms with Gasteiger partial charge in [0.1, 0.15) is 0 Å². The molecule has 1 unspecified atom stereocenters. The Labute approximate surface area is 127 Å². The standard InChI is InChI=1S/C18H15NOS/c20-18(15-4-1-5-17-14(15)8-10-21-17)13-6-7-16-12(11-13)3-2-9-19-16/h2-3,6-11,15H,1,4-5H2. The molecule has 1 aromatic carbocycles. The average Bonchev–Trinajstić information content (AvgIpc) is 3.02. The predicted molar refractivity (Wildman–Crippen MR) is 86.1 cm³/mol. The van der Waals surface area contributed by atoms with Crippen molar-refractivity contribution in [1.82, 2.24) is 4.98 Å². The molecule has 1 aliphatic rings. The number of aromatic nitrogens is 1. The number of benzene rings is 1. The van der Waals surface area contributed by atoms with Crippen LogP contribution in [0, 0.1) is 0 Å². The van der Waals surface area contributed by atoms with Crippen LogP contribution in [0.15, 0.2) is 48.0 Å². The number of rotatable bonds is 2. The molecule has 0 saturated carbocycles. The van der Waals surface area contributed by atoms with Crippen LogP contribution in [-0.4, -0.2) is 10.8 Å². The third kappa shape index (κ3) is 2.18. The van der Waals surface area contributed by atoms with Crippen LogP contribution < -0.4 is 0 Å². The lowest BCUT2D eigenvalue weighted by Crippen LogP contribution is -2.17. The van der Waals surface area contributed by atoms with Gasteiger partial charge in [-0.2, -0.15) is 0 Å². The molecule has 0 fully saturated rings. The van der Waals surface area contributed by atoms with Gasteiger partial charge in [0, 0.05) is 27.9 Å². The van der Waals surface area contributed by atoms with Crippen LogP contribution in [-0.2, 0) is 6.42 Å². The van der Waals surface area contributed by atoms with Gasteiger partial charge in [0.2, 0.25) is 0 Å². The second-order valence-electron chi connectivity index (χ2n) is 5.52. The highest BCUT2D eigenvalue weighted by molar-refractivity contribution is 7.10.